The fraction of sp³-hybridized carbons (Fsp3) is 0.643. The van der Waals surface area contributed by atoms with Crippen molar-refractivity contribution in [3.63, 3.8) is 0 Å². The Morgan fingerprint density at radius 1 is 1.11 bits per heavy atom. The summed E-state index contributed by atoms with van der Waals surface area (Å²) in [5.74, 6) is 1.97. The third-order valence-corrected chi connectivity index (χ3v) is 8.47. The lowest BCUT2D eigenvalue weighted by Gasteiger charge is -2.34. The summed E-state index contributed by atoms with van der Waals surface area (Å²) in [6.07, 6.45) is 11.8. The summed E-state index contributed by atoms with van der Waals surface area (Å²) >= 11 is 0. The molecule has 1 saturated carbocycles. The van der Waals surface area contributed by atoms with Gasteiger partial charge in [0.05, 0.1) is 19.0 Å². The number of hydrogen-bond acceptors (Lipinski definition) is 8. The highest BCUT2D eigenvalue weighted by molar-refractivity contribution is 5.98. The summed E-state index contributed by atoms with van der Waals surface area (Å²) in [5.41, 5.74) is 2.33. The monoisotopic (exact) mass is 523 g/mol. The molecular formula is C28H41N7O3. The van der Waals surface area contributed by atoms with E-state index in [1.54, 1.807) is 25.3 Å². The molecule has 0 aromatic carbocycles. The maximum Gasteiger partial charge on any atom is 0.247 e. The van der Waals surface area contributed by atoms with Gasteiger partial charge in [-0.1, -0.05) is 12.8 Å². The Morgan fingerprint density at radius 2 is 1.84 bits per heavy atom. The molecule has 2 aliphatic heterocycles. The van der Waals surface area contributed by atoms with Gasteiger partial charge in [-0.05, 0) is 71.7 Å². The molecular weight excluding hydrogens is 482 g/mol. The maximum absolute atomic E-state index is 13.0. The molecule has 1 aromatic heterocycles. The minimum absolute atomic E-state index is 0.0108. The Hall–Kier alpha value is -3.14. The fourth-order valence-corrected chi connectivity index (χ4v) is 6.15. The van der Waals surface area contributed by atoms with Crippen LogP contribution in [0.2, 0.25) is 0 Å². The van der Waals surface area contributed by atoms with E-state index in [0.29, 0.717) is 37.0 Å². The molecule has 38 heavy (non-hydrogen) atoms. The molecule has 2 N–H and O–H groups in total. The molecule has 0 unspecified atom stereocenters. The van der Waals surface area contributed by atoms with Gasteiger partial charge in [-0.25, -0.2) is 4.98 Å². The van der Waals surface area contributed by atoms with Crippen LogP contribution in [0.25, 0.3) is 0 Å². The van der Waals surface area contributed by atoms with E-state index in [1.165, 1.54) is 12.8 Å². The zero-order valence-electron chi connectivity index (χ0n) is 23.1. The molecule has 10 nitrogen and oxygen atoms in total. The van der Waals surface area contributed by atoms with Crippen LogP contribution >= 0.6 is 0 Å². The molecule has 1 atom stereocenters. The molecule has 1 aromatic rings. The summed E-state index contributed by atoms with van der Waals surface area (Å²) in [5, 5.41) is 6.58. The van der Waals surface area contributed by atoms with Gasteiger partial charge in [-0.15, -0.1) is 0 Å². The van der Waals surface area contributed by atoms with Crippen molar-refractivity contribution in [2.75, 3.05) is 49.4 Å². The van der Waals surface area contributed by atoms with E-state index >= 15 is 0 Å². The first-order valence-corrected chi connectivity index (χ1v) is 14.0. The van der Waals surface area contributed by atoms with Gasteiger partial charge >= 0.3 is 0 Å². The summed E-state index contributed by atoms with van der Waals surface area (Å²) in [6, 6.07) is 0.661. The van der Waals surface area contributed by atoms with Crippen LogP contribution in [0.3, 0.4) is 0 Å². The van der Waals surface area contributed by atoms with Crippen LogP contribution in [0.4, 0.5) is 17.5 Å². The molecule has 4 aliphatic rings. The topological polar surface area (TPSA) is 103 Å². The number of amides is 2. The number of nitrogens with one attached hydrogen (secondary N) is 2. The third kappa shape index (κ3) is 5.50. The van der Waals surface area contributed by atoms with Gasteiger partial charge in [-0.2, -0.15) is 4.98 Å². The Balaban J connectivity index is 1.37. The average Bonchev–Trinajstić information content (AvgIpc) is 3.41. The van der Waals surface area contributed by atoms with Gasteiger partial charge in [0.25, 0.3) is 0 Å². The predicted octanol–water partition coefficient (Wildman–Crippen LogP) is 3.18. The highest BCUT2D eigenvalue weighted by Gasteiger charge is 2.36. The molecule has 1 saturated heterocycles. The molecule has 3 heterocycles. The first-order chi connectivity index (χ1) is 18.3. The van der Waals surface area contributed by atoms with Crippen LogP contribution in [-0.4, -0.2) is 79.1 Å². The predicted molar refractivity (Wildman–Crippen MR) is 148 cm³/mol. The van der Waals surface area contributed by atoms with E-state index in [9.17, 15) is 9.59 Å². The van der Waals surface area contributed by atoms with Gasteiger partial charge in [-0.3, -0.25) is 9.59 Å². The van der Waals surface area contributed by atoms with Crippen LogP contribution in [-0.2, 0) is 14.3 Å². The van der Waals surface area contributed by atoms with Crippen LogP contribution in [0.1, 0.15) is 64.7 Å². The largest absolute Gasteiger partial charge is 0.495 e. The minimum atomic E-state index is -0.0108. The van der Waals surface area contributed by atoms with Crippen molar-refractivity contribution >= 4 is 29.3 Å². The standard InChI is InChI=1S/C28H41N7O3/c1-18-15-25(36)34(3)23-17-29-28(32-26(23)35(18)21-7-5-6-8-21)31-22-10-9-19(16-24(22)38-4)27(37)30-20-11-13-33(2)14-12-20/h16-18,20-21H,5-15H2,1-4H3,(H,30,37)(H,29,31,32)/t18-/m1/s1. The second-order valence-electron chi connectivity index (χ2n) is 11.1. The second kappa shape index (κ2) is 11.3. The van der Waals surface area contributed by atoms with Crippen molar-refractivity contribution in [1.82, 2.24) is 20.2 Å². The SMILES string of the molecule is COC1=C(Nc2ncc3c(n2)N(C2CCCC2)[C@H](C)CC(=O)N3C)CCC(C(=O)NC2CCN(C)CC2)=C1. The average molecular weight is 524 g/mol. The number of anilines is 3. The molecule has 0 radical (unpaired) electrons. The Labute approximate surface area is 225 Å². The van der Waals surface area contributed by atoms with Crippen LogP contribution in [0.15, 0.2) is 29.3 Å². The van der Waals surface area contributed by atoms with Crippen molar-refractivity contribution in [3.8, 4) is 0 Å². The van der Waals surface area contributed by atoms with Gasteiger partial charge in [0.15, 0.2) is 5.82 Å². The minimum Gasteiger partial charge on any atom is -0.495 e. The van der Waals surface area contributed by atoms with Gasteiger partial charge in [0.1, 0.15) is 11.4 Å². The number of rotatable bonds is 6. The van der Waals surface area contributed by atoms with E-state index in [1.807, 2.05) is 6.08 Å². The fourth-order valence-electron chi connectivity index (χ4n) is 6.15. The molecule has 2 fully saturated rings. The number of allylic oxidation sites excluding steroid dienone is 2. The first kappa shape index (κ1) is 26.5. The van der Waals surface area contributed by atoms with Crippen molar-refractivity contribution in [2.24, 2.45) is 0 Å². The third-order valence-electron chi connectivity index (χ3n) is 8.47. The quantitative estimate of drug-likeness (QED) is 0.586. The lowest BCUT2D eigenvalue weighted by atomic mass is 9.99. The Kier molecular flexibility index (Phi) is 7.88. The number of likely N-dealkylation sites (tertiary alicyclic amines) is 1. The highest BCUT2D eigenvalue weighted by Crippen LogP contribution is 2.38. The molecule has 2 amide bonds. The van der Waals surface area contributed by atoms with E-state index < -0.39 is 0 Å². The van der Waals surface area contributed by atoms with E-state index in [-0.39, 0.29) is 23.9 Å². The number of nitrogens with zero attached hydrogens (tertiary/aromatic N) is 5. The number of piperidine rings is 1. The van der Waals surface area contributed by atoms with Gasteiger partial charge in [0, 0.05) is 37.2 Å². The summed E-state index contributed by atoms with van der Waals surface area (Å²) in [7, 11) is 5.54. The number of ether oxygens (including phenoxy) is 1. The van der Waals surface area contributed by atoms with Crippen LogP contribution < -0.4 is 20.4 Å². The van der Waals surface area contributed by atoms with Crippen molar-refractivity contribution < 1.29 is 14.3 Å². The first-order valence-electron chi connectivity index (χ1n) is 14.0. The van der Waals surface area contributed by atoms with Gasteiger partial charge in [0.2, 0.25) is 17.8 Å². The number of carbonyl (C=O) groups excluding carboxylic acids is 2. The zero-order chi connectivity index (χ0) is 26.8. The van der Waals surface area contributed by atoms with Crippen LogP contribution in [0, 0.1) is 0 Å². The number of aromatic nitrogens is 2. The van der Waals surface area contributed by atoms with Crippen molar-refractivity contribution in [2.45, 2.75) is 82.8 Å². The van der Waals surface area contributed by atoms with E-state index in [2.05, 4.69) is 39.4 Å². The molecule has 0 bridgehead atoms. The number of fused-ring (bicyclic) bond motifs is 1. The Morgan fingerprint density at radius 3 is 2.55 bits per heavy atom. The lowest BCUT2D eigenvalue weighted by Crippen LogP contribution is -2.44. The van der Waals surface area contributed by atoms with Gasteiger partial charge < -0.3 is 30.1 Å². The summed E-state index contributed by atoms with van der Waals surface area (Å²) < 4.78 is 5.68. The normalized spacial score (nSPS) is 23.7. The van der Waals surface area contributed by atoms with Crippen LogP contribution in [0.5, 0.6) is 0 Å². The van der Waals surface area contributed by atoms with E-state index in [4.69, 9.17) is 9.72 Å². The summed E-state index contributed by atoms with van der Waals surface area (Å²) in [4.78, 5) is 41.6. The smallest absolute Gasteiger partial charge is 0.247 e. The number of carbonyl (C=O) groups is 2. The van der Waals surface area contributed by atoms with Crippen molar-refractivity contribution in [3.05, 3.63) is 29.3 Å². The number of methoxy groups -OCH3 is 1. The lowest BCUT2D eigenvalue weighted by molar-refractivity contribution is -0.119. The second-order valence-corrected chi connectivity index (χ2v) is 11.1. The highest BCUT2D eigenvalue weighted by atomic mass is 16.5. The Bertz CT molecular complexity index is 1120. The number of hydrogen-bond donors (Lipinski definition) is 2. The maximum atomic E-state index is 13.0. The molecule has 10 heteroatoms. The van der Waals surface area contributed by atoms with Crippen molar-refractivity contribution in [1.29, 1.82) is 0 Å². The molecule has 2 aliphatic carbocycles. The molecule has 0 spiro atoms. The van der Waals surface area contributed by atoms with E-state index in [0.717, 1.165) is 61.5 Å². The molecule has 5 rings (SSSR count). The molecule has 206 valence electrons. The summed E-state index contributed by atoms with van der Waals surface area (Å²) in [6.45, 7) is 4.12. The zero-order valence-corrected chi connectivity index (χ0v) is 23.1.